The van der Waals surface area contributed by atoms with Crippen LogP contribution in [0.2, 0.25) is 0 Å². The fourth-order valence-electron chi connectivity index (χ4n) is 7.29. The summed E-state index contributed by atoms with van der Waals surface area (Å²) in [7, 11) is 0. The second kappa shape index (κ2) is 14.8. The van der Waals surface area contributed by atoms with Gasteiger partial charge in [0.2, 0.25) is 0 Å². The van der Waals surface area contributed by atoms with E-state index >= 15 is 0 Å². The highest BCUT2D eigenvalue weighted by Crippen LogP contribution is 2.51. The number of rotatable bonds is 8. The van der Waals surface area contributed by atoms with Gasteiger partial charge in [0.1, 0.15) is 0 Å². The number of aromatic nitrogens is 3. The van der Waals surface area contributed by atoms with Crippen LogP contribution in [-0.2, 0) is 0 Å². The lowest BCUT2D eigenvalue weighted by Gasteiger charge is -2.25. The molecule has 9 rings (SSSR count). The van der Waals surface area contributed by atoms with Crippen LogP contribution in [0.15, 0.2) is 212 Å². The zero-order chi connectivity index (χ0) is 36.1. The summed E-state index contributed by atoms with van der Waals surface area (Å²) in [4.78, 5) is 15.4. The molecule has 0 N–H and O–H groups in total. The van der Waals surface area contributed by atoms with Gasteiger partial charge in [-0.1, -0.05) is 206 Å². The van der Waals surface area contributed by atoms with E-state index in [0.29, 0.717) is 17.5 Å². The topological polar surface area (TPSA) is 38.7 Å². The molecule has 0 aliphatic rings. The van der Waals surface area contributed by atoms with E-state index in [-0.39, 0.29) is 0 Å². The lowest BCUT2D eigenvalue weighted by atomic mass is 9.78. The lowest BCUT2D eigenvalue weighted by Crippen LogP contribution is -2.02. The molecule has 3 heteroatoms. The third kappa shape index (κ3) is 6.40. The molecule has 0 aliphatic heterocycles. The summed E-state index contributed by atoms with van der Waals surface area (Å²) in [6.07, 6.45) is 0. The monoisotopic (exact) mass is 689 g/mol. The van der Waals surface area contributed by atoms with Gasteiger partial charge in [-0.15, -0.1) is 0 Å². The second-order valence-corrected chi connectivity index (χ2v) is 13.1. The molecule has 54 heavy (non-hydrogen) atoms. The van der Waals surface area contributed by atoms with Crippen molar-refractivity contribution in [2.75, 3.05) is 0 Å². The van der Waals surface area contributed by atoms with Crippen LogP contribution >= 0.6 is 0 Å². The van der Waals surface area contributed by atoms with Crippen molar-refractivity contribution in [2.24, 2.45) is 0 Å². The van der Waals surface area contributed by atoms with Gasteiger partial charge in [0, 0.05) is 16.7 Å². The number of hydrogen-bond acceptors (Lipinski definition) is 3. The van der Waals surface area contributed by atoms with Gasteiger partial charge in [-0.25, -0.2) is 15.0 Å². The molecule has 0 radical (unpaired) electrons. The fraction of sp³-hybridized carbons (Fsp3) is 0. The first-order valence-corrected chi connectivity index (χ1v) is 18.2. The van der Waals surface area contributed by atoms with Crippen LogP contribution in [0.25, 0.3) is 89.8 Å². The van der Waals surface area contributed by atoms with Crippen molar-refractivity contribution in [1.82, 2.24) is 15.0 Å². The van der Waals surface area contributed by atoms with E-state index in [1.165, 1.54) is 11.1 Å². The quantitative estimate of drug-likeness (QED) is 0.159. The summed E-state index contributed by atoms with van der Waals surface area (Å²) in [5, 5.41) is 0. The molecule has 1 aromatic heterocycles. The van der Waals surface area contributed by atoms with Gasteiger partial charge in [0.05, 0.1) is 0 Å². The first-order valence-electron chi connectivity index (χ1n) is 18.2. The first kappa shape index (κ1) is 32.7. The van der Waals surface area contributed by atoms with Crippen molar-refractivity contribution in [3.63, 3.8) is 0 Å². The molecule has 1 heterocycles. The number of hydrogen-bond donors (Lipinski definition) is 0. The van der Waals surface area contributed by atoms with E-state index in [1.54, 1.807) is 0 Å². The van der Waals surface area contributed by atoms with Gasteiger partial charge in [0.25, 0.3) is 0 Å². The molecule has 8 aromatic carbocycles. The van der Waals surface area contributed by atoms with E-state index in [0.717, 1.165) is 61.2 Å². The van der Waals surface area contributed by atoms with E-state index in [9.17, 15) is 0 Å². The average molecular weight is 690 g/mol. The largest absolute Gasteiger partial charge is 0.208 e. The van der Waals surface area contributed by atoms with Crippen molar-refractivity contribution >= 4 is 0 Å². The van der Waals surface area contributed by atoms with E-state index in [2.05, 4.69) is 152 Å². The molecule has 0 unspecified atom stereocenters. The van der Waals surface area contributed by atoms with Crippen molar-refractivity contribution < 1.29 is 0 Å². The van der Waals surface area contributed by atoms with Crippen LogP contribution in [0, 0.1) is 0 Å². The van der Waals surface area contributed by atoms with Gasteiger partial charge in [-0.05, 0) is 61.7 Å². The van der Waals surface area contributed by atoms with E-state index in [4.69, 9.17) is 15.0 Å². The minimum absolute atomic E-state index is 0.618. The van der Waals surface area contributed by atoms with Gasteiger partial charge in [0.15, 0.2) is 17.5 Å². The third-order valence-electron chi connectivity index (χ3n) is 9.76. The summed E-state index contributed by atoms with van der Waals surface area (Å²) >= 11 is 0. The molecule has 0 spiro atoms. The highest BCUT2D eigenvalue weighted by molar-refractivity contribution is 6.08. The summed E-state index contributed by atoms with van der Waals surface area (Å²) in [6, 6.07) is 74.2. The molecular weight excluding hydrogens is 655 g/mol. The minimum atomic E-state index is 0.618. The zero-order valence-electron chi connectivity index (χ0n) is 29.5. The summed E-state index contributed by atoms with van der Waals surface area (Å²) in [5.74, 6) is 1.88. The normalized spacial score (nSPS) is 11.0. The van der Waals surface area contributed by atoms with Crippen molar-refractivity contribution in [3.8, 4) is 89.8 Å². The van der Waals surface area contributed by atoms with Crippen LogP contribution in [0.1, 0.15) is 0 Å². The molecule has 0 atom stereocenters. The molecule has 3 nitrogen and oxygen atoms in total. The molecule has 0 saturated carbocycles. The third-order valence-corrected chi connectivity index (χ3v) is 9.76. The Morgan fingerprint density at radius 1 is 0.204 bits per heavy atom. The van der Waals surface area contributed by atoms with Crippen molar-refractivity contribution in [1.29, 1.82) is 0 Å². The van der Waals surface area contributed by atoms with Gasteiger partial charge in [-0.2, -0.15) is 0 Å². The van der Waals surface area contributed by atoms with Crippen LogP contribution in [0.4, 0.5) is 0 Å². The summed E-state index contributed by atoms with van der Waals surface area (Å²) < 4.78 is 0. The van der Waals surface area contributed by atoms with E-state index < -0.39 is 0 Å². The van der Waals surface area contributed by atoms with Crippen molar-refractivity contribution in [3.05, 3.63) is 212 Å². The molecule has 254 valence electrons. The maximum atomic E-state index is 5.19. The first-order chi connectivity index (χ1) is 26.8. The van der Waals surface area contributed by atoms with Crippen LogP contribution in [0.5, 0.6) is 0 Å². The predicted octanol–water partition coefficient (Wildman–Crippen LogP) is 13.2. The fourth-order valence-corrected chi connectivity index (χ4v) is 7.29. The second-order valence-electron chi connectivity index (χ2n) is 13.1. The average Bonchev–Trinajstić information content (AvgIpc) is 3.27. The Morgan fingerprint density at radius 3 is 0.963 bits per heavy atom. The smallest absolute Gasteiger partial charge is 0.164 e. The van der Waals surface area contributed by atoms with Crippen LogP contribution in [-0.4, -0.2) is 15.0 Å². The Morgan fingerprint density at radius 2 is 0.519 bits per heavy atom. The Balaban J connectivity index is 1.41. The summed E-state index contributed by atoms with van der Waals surface area (Å²) in [6.45, 7) is 0. The van der Waals surface area contributed by atoms with Crippen LogP contribution < -0.4 is 0 Å². The Hall–Kier alpha value is -7.23. The van der Waals surface area contributed by atoms with Gasteiger partial charge in [-0.3, -0.25) is 0 Å². The SMILES string of the molecule is c1ccc(-c2nc(-c3ccccc3)nc(-c3ccccc3-c3cc(-c4ccccc4)c(-c4ccccc4)c(-c4ccccc4)c3-c3ccccc3)n2)cc1. The Kier molecular flexibility index (Phi) is 8.94. The van der Waals surface area contributed by atoms with Gasteiger partial charge >= 0.3 is 0 Å². The lowest BCUT2D eigenvalue weighted by molar-refractivity contribution is 1.07. The zero-order valence-corrected chi connectivity index (χ0v) is 29.5. The Labute approximate surface area is 316 Å². The molecule has 9 aromatic rings. The predicted molar refractivity (Wildman–Crippen MR) is 223 cm³/mol. The standard InChI is InChI=1S/C51H35N3/c1-7-21-36(22-8-1)44-35-45(47(38-25-11-3-12-26-38)48(39-27-13-4-14-28-39)46(44)37-23-9-2-10-24-37)42-33-19-20-34-43(42)51-53-49(40-29-15-5-16-30-40)52-50(54-51)41-31-17-6-18-32-41/h1-35H. The minimum Gasteiger partial charge on any atom is -0.208 e. The summed E-state index contributed by atoms with van der Waals surface area (Å²) in [5.41, 5.74) is 14.2. The van der Waals surface area contributed by atoms with Crippen LogP contribution in [0.3, 0.4) is 0 Å². The molecule has 0 bridgehead atoms. The highest BCUT2D eigenvalue weighted by atomic mass is 15.0. The maximum absolute atomic E-state index is 5.19. The molecule has 0 saturated heterocycles. The van der Waals surface area contributed by atoms with Gasteiger partial charge < -0.3 is 0 Å². The highest BCUT2D eigenvalue weighted by Gasteiger charge is 2.25. The maximum Gasteiger partial charge on any atom is 0.164 e. The molecule has 0 fully saturated rings. The Bertz CT molecular complexity index is 2600. The van der Waals surface area contributed by atoms with Crippen molar-refractivity contribution in [2.45, 2.75) is 0 Å². The number of nitrogens with zero attached hydrogens (tertiary/aromatic N) is 3. The molecule has 0 amide bonds. The molecular formula is C51H35N3. The number of benzene rings is 8. The molecule has 0 aliphatic carbocycles. The van der Waals surface area contributed by atoms with E-state index in [1.807, 2.05) is 60.7 Å².